The molecule has 0 radical (unpaired) electrons. The Balaban J connectivity index is 1.54. The molecule has 29 heavy (non-hydrogen) atoms. The fourth-order valence-electron chi connectivity index (χ4n) is 3.83. The number of hydrogen-bond acceptors (Lipinski definition) is 4. The summed E-state index contributed by atoms with van der Waals surface area (Å²) in [7, 11) is 1.59. The molecule has 2 saturated carbocycles. The Morgan fingerprint density at radius 1 is 1.17 bits per heavy atom. The molecule has 0 aliphatic heterocycles. The lowest BCUT2D eigenvalue weighted by Gasteiger charge is -2.12. The molecular weight excluding hydrogens is 368 g/mol. The second-order valence-corrected chi connectivity index (χ2v) is 8.00. The van der Waals surface area contributed by atoms with Crippen molar-refractivity contribution in [3.8, 4) is 0 Å². The molecule has 3 aliphatic rings. The van der Waals surface area contributed by atoms with Crippen molar-refractivity contribution in [3.05, 3.63) is 57.1 Å². The van der Waals surface area contributed by atoms with Gasteiger partial charge < -0.3 is 15.2 Å². The number of nitrogens with zero attached hydrogens (tertiary/aromatic N) is 2. The third-order valence-electron chi connectivity index (χ3n) is 5.82. The molecule has 2 aromatic heterocycles. The van der Waals surface area contributed by atoms with Crippen molar-refractivity contribution >= 4 is 29.3 Å². The Morgan fingerprint density at radius 3 is 2.66 bits per heavy atom. The Labute approximate surface area is 167 Å². The number of fused-ring (bicyclic) bond motifs is 1. The van der Waals surface area contributed by atoms with Crippen LogP contribution in [0.4, 0.5) is 5.82 Å². The van der Waals surface area contributed by atoms with Gasteiger partial charge in [0.25, 0.3) is 11.5 Å². The van der Waals surface area contributed by atoms with Crippen LogP contribution in [0.1, 0.15) is 58.8 Å². The van der Waals surface area contributed by atoms with Gasteiger partial charge in [0.2, 0.25) is 5.91 Å². The molecule has 5 rings (SSSR count). The summed E-state index contributed by atoms with van der Waals surface area (Å²) in [5, 5.41) is 5.59. The van der Waals surface area contributed by atoms with Crippen LogP contribution in [0.2, 0.25) is 0 Å². The maximum absolute atomic E-state index is 12.4. The summed E-state index contributed by atoms with van der Waals surface area (Å²) in [4.78, 5) is 41.2. The molecule has 2 heterocycles. The highest BCUT2D eigenvalue weighted by Crippen LogP contribution is 2.39. The first-order valence-corrected chi connectivity index (χ1v) is 10.0. The molecule has 0 bridgehead atoms. The van der Waals surface area contributed by atoms with Gasteiger partial charge in [0.15, 0.2) is 0 Å². The molecule has 0 unspecified atom stereocenters. The lowest BCUT2D eigenvalue weighted by Crippen LogP contribution is -2.21. The van der Waals surface area contributed by atoms with Gasteiger partial charge in [-0.1, -0.05) is 0 Å². The van der Waals surface area contributed by atoms with Gasteiger partial charge >= 0.3 is 0 Å². The standard InChI is InChI=1S/C22H22N4O3/c1-23-22(29)18-10-24-20(25-21(28)12-2-3-12)17-9-14(8-16(17)18)13-4-7-19(27)26(11-13)15-5-6-15/h4,7-8,10-12,15H,2-3,5-6,9H2,1H3,(H,23,29)(H,24,25,28). The predicted molar refractivity (Wildman–Crippen MR) is 110 cm³/mol. The van der Waals surface area contributed by atoms with Crippen molar-refractivity contribution in [1.29, 1.82) is 0 Å². The van der Waals surface area contributed by atoms with Crippen LogP contribution in [0.3, 0.4) is 0 Å². The molecule has 7 heteroatoms. The highest BCUT2D eigenvalue weighted by molar-refractivity contribution is 6.04. The van der Waals surface area contributed by atoms with Gasteiger partial charge in [0.1, 0.15) is 5.82 Å². The van der Waals surface area contributed by atoms with Crippen molar-refractivity contribution in [3.63, 3.8) is 0 Å². The highest BCUT2D eigenvalue weighted by Gasteiger charge is 2.32. The van der Waals surface area contributed by atoms with Crippen LogP contribution in [-0.4, -0.2) is 28.4 Å². The molecule has 148 valence electrons. The van der Waals surface area contributed by atoms with E-state index in [1.54, 1.807) is 17.7 Å². The van der Waals surface area contributed by atoms with Gasteiger partial charge in [-0.25, -0.2) is 4.98 Å². The van der Waals surface area contributed by atoms with Crippen LogP contribution >= 0.6 is 0 Å². The number of carbonyl (C=O) groups is 2. The van der Waals surface area contributed by atoms with Crippen LogP contribution < -0.4 is 16.2 Å². The molecule has 2 fully saturated rings. The van der Waals surface area contributed by atoms with Gasteiger partial charge in [-0.15, -0.1) is 0 Å². The fraction of sp³-hybridized carbons (Fsp3) is 0.364. The molecule has 2 aromatic rings. The Morgan fingerprint density at radius 2 is 1.97 bits per heavy atom. The minimum absolute atomic E-state index is 0.0110. The molecule has 2 N–H and O–H groups in total. The van der Waals surface area contributed by atoms with Crippen LogP contribution in [0.15, 0.2) is 29.3 Å². The Bertz CT molecular complexity index is 1120. The van der Waals surface area contributed by atoms with E-state index in [1.807, 2.05) is 18.3 Å². The van der Waals surface area contributed by atoms with Crippen molar-refractivity contribution in [2.24, 2.45) is 5.92 Å². The number of nitrogens with one attached hydrogen (secondary N) is 2. The van der Waals surface area contributed by atoms with Gasteiger partial charge in [-0.05, 0) is 54.5 Å². The van der Waals surface area contributed by atoms with Gasteiger partial charge in [-0.2, -0.15) is 0 Å². The first-order chi connectivity index (χ1) is 14.0. The quantitative estimate of drug-likeness (QED) is 0.820. The van der Waals surface area contributed by atoms with Crippen LogP contribution in [0, 0.1) is 5.92 Å². The molecule has 0 atom stereocenters. The Hall–Kier alpha value is -3.22. The summed E-state index contributed by atoms with van der Waals surface area (Å²) in [6.07, 6.45) is 9.85. The zero-order chi connectivity index (χ0) is 20.1. The van der Waals surface area contributed by atoms with E-state index in [0.29, 0.717) is 23.8 Å². The number of amides is 2. The largest absolute Gasteiger partial charge is 0.355 e. The zero-order valence-electron chi connectivity index (χ0n) is 16.2. The molecule has 7 nitrogen and oxygen atoms in total. The van der Waals surface area contributed by atoms with E-state index in [1.165, 1.54) is 6.20 Å². The number of aromatic nitrogens is 2. The summed E-state index contributed by atoms with van der Waals surface area (Å²) in [5.74, 6) is 0.366. The number of rotatable bonds is 5. The molecule has 0 saturated heterocycles. The molecule has 2 amide bonds. The van der Waals surface area contributed by atoms with Crippen molar-refractivity contribution < 1.29 is 9.59 Å². The summed E-state index contributed by atoms with van der Waals surface area (Å²) >= 11 is 0. The average molecular weight is 390 g/mol. The summed E-state index contributed by atoms with van der Waals surface area (Å²) < 4.78 is 1.80. The van der Waals surface area contributed by atoms with E-state index in [4.69, 9.17) is 0 Å². The average Bonchev–Trinajstić information content (AvgIpc) is 3.64. The Kier molecular flexibility index (Phi) is 4.12. The van der Waals surface area contributed by atoms with Crippen molar-refractivity contribution in [2.75, 3.05) is 12.4 Å². The third-order valence-corrected chi connectivity index (χ3v) is 5.82. The number of anilines is 1. The number of carbonyl (C=O) groups excluding carboxylic acids is 2. The van der Waals surface area contributed by atoms with Gasteiger partial charge in [0.05, 0.1) is 5.56 Å². The highest BCUT2D eigenvalue weighted by atomic mass is 16.2. The van der Waals surface area contributed by atoms with Crippen LogP contribution in [-0.2, 0) is 11.2 Å². The normalized spacial score (nSPS) is 17.5. The molecule has 3 aliphatic carbocycles. The SMILES string of the molecule is CNC(=O)c1cnc(NC(=O)C2CC2)c2c1C=C(c1ccc(=O)n(C3CC3)c1)C2. The zero-order valence-corrected chi connectivity index (χ0v) is 16.2. The topological polar surface area (TPSA) is 93.1 Å². The van der Waals surface area contributed by atoms with E-state index >= 15 is 0 Å². The van der Waals surface area contributed by atoms with Crippen molar-refractivity contribution in [2.45, 2.75) is 38.1 Å². The predicted octanol–water partition coefficient (Wildman–Crippen LogP) is 2.38. The van der Waals surface area contributed by atoms with Crippen LogP contribution in [0.25, 0.3) is 11.6 Å². The van der Waals surface area contributed by atoms with E-state index in [9.17, 15) is 14.4 Å². The number of pyridine rings is 2. The number of allylic oxidation sites excluding steroid dienone is 1. The first kappa shape index (κ1) is 17.8. The minimum Gasteiger partial charge on any atom is -0.355 e. The fourth-order valence-corrected chi connectivity index (χ4v) is 3.83. The van der Waals surface area contributed by atoms with Gasteiger partial charge in [0, 0.05) is 49.5 Å². The second-order valence-electron chi connectivity index (χ2n) is 8.00. The number of hydrogen-bond donors (Lipinski definition) is 2. The second kappa shape index (κ2) is 6.69. The van der Waals surface area contributed by atoms with E-state index in [2.05, 4.69) is 15.6 Å². The van der Waals surface area contributed by atoms with E-state index < -0.39 is 0 Å². The smallest absolute Gasteiger partial charge is 0.253 e. The summed E-state index contributed by atoms with van der Waals surface area (Å²) in [6.45, 7) is 0. The van der Waals surface area contributed by atoms with Gasteiger partial charge in [-0.3, -0.25) is 14.4 Å². The van der Waals surface area contributed by atoms with E-state index in [-0.39, 0.29) is 23.3 Å². The molecular formula is C22H22N4O3. The maximum Gasteiger partial charge on any atom is 0.253 e. The molecule has 0 aromatic carbocycles. The van der Waals surface area contributed by atoms with Crippen LogP contribution in [0.5, 0.6) is 0 Å². The van der Waals surface area contributed by atoms with Crippen molar-refractivity contribution in [1.82, 2.24) is 14.9 Å². The minimum atomic E-state index is -0.214. The van der Waals surface area contributed by atoms with E-state index in [0.717, 1.165) is 47.9 Å². The lowest BCUT2D eigenvalue weighted by molar-refractivity contribution is -0.117. The summed E-state index contributed by atoms with van der Waals surface area (Å²) in [6, 6.07) is 3.72. The first-order valence-electron chi connectivity index (χ1n) is 10.0. The lowest BCUT2D eigenvalue weighted by atomic mass is 10.0. The molecule has 0 spiro atoms. The monoisotopic (exact) mass is 390 g/mol. The third kappa shape index (κ3) is 3.26. The summed E-state index contributed by atoms with van der Waals surface area (Å²) in [5.41, 5.74) is 4.09. The maximum atomic E-state index is 12.4.